The minimum Gasteiger partial charge on any atom is -0.390 e. The van der Waals surface area contributed by atoms with Gasteiger partial charge in [0.2, 0.25) is 11.8 Å². The molecule has 3 N–H and O–H groups in total. The first kappa shape index (κ1) is 34.2. The Balaban J connectivity index is 1.75. The molecular weight excluding hydrogens is 538 g/mol. The van der Waals surface area contributed by atoms with Crippen molar-refractivity contribution in [1.82, 2.24) is 15.5 Å². The van der Waals surface area contributed by atoms with E-state index in [-0.39, 0.29) is 36.4 Å². The number of likely N-dealkylation sites (N-methyl/N-ethyl adjacent to an activating group) is 1. The highest BCUT2D eigenvalue weighted by atomic mass is 16.5. The molecule has 0 saturated heterocycles. The number of aliphatic hydroxyl groups is 1. The van der Waals surface area contributed by atoms with Crippen LogP contribution in [0.1, 0.15) is 80.4 Å². The van der Waals surface area contributed by atoms with Crippen molar-refractivity contribution in [2.45, 2.75) is 89.6 Å². The molecular formula is C36H51N3O4. The van der Waals surface area contributed by atoms with Crippen molar-refractivity contribution in [1.29, 1.82) is 0 Å². The average Bonchev–Trinajstić information content (AvgIpc) is 3.35. The molecule has 1 aliphatic rings. The number of fused-ring (bicyclic) bond motifs is 1. The topological polar surface area (TPSA) is 90.9 Å². The fourth-order valence-corrected chi connectivity index (χ4v) is 5.86. The van der Waals surface area contributed by atoms with Crippen molar-refractivity contribution in [2.24, 2.45) is 5.92 Å². The van der Waals surface area contributed by atoms with Crippen molar-refractivity contribution < 1.29 is 19.4 Å². The molecule has 2 amide bonds. The number of rotatable bonds is 18. The third-order valence-electron chi connectivity index (χ3n) is 8.41. The van der Waals surface area contributed by atoms with E-state index >= 15 is 0 Å². The first-order valence-electron chi connectivity index (χ1n) is 15.7. The lowest BCUT2D eigenvalue weighted by molar-refractivity contribution is -0.142. The van der Waals surface area contributed by atoms with Gasteiger partial charge in [0.15, 0.2) is 0 Å². The summed E-state index contributed by atoms with van der Waals surface area (Å²) in [7, 11) is 1.69. The van der Waals surface area contributed by atoms with Crippen LogP contribution in [0.4, 0.5) is 0 Å². The van der Waals surface area contributed by atoms with Crippen LogP contribution in [0.25, 0.3) is 0 Å². The van der Waals surface area contributed by atoms with Crippen LogP contribution >= 0.6 is 0 Å². The molecule has 1 aliphatic carbocycles. The molecule has 2 unspecified atom stereocenters. The van der Waals surface area contributed by atoms with E-state index in [1.165, 1.54) is 11.1 Å². The number of ether oxygens (including phenoxy) is 1. The Kier molecular flexibility index (Phi) is 13.6. The van der Waals surface area contributed by atoms with Crippen LogP contribution in [-0.4, -0.2) is 60.2 Å². The Morgan fingerprint density at radius 3 is 2.56 bits per heavy atom. The molecule has 43 heavy (non-hydrogen) atoms. The Morgan fingerprint density at radius 2 is 1.88 bits per heavy atom. The first-order valence-corrected chi connectivity index (χ1v) is 15.7. The third-order valence-corrected chi connectivity index (χ3v) is 8.41. The van der Waals surface area contributed by atoms with Crippen LogP contribution in [0, 0.1) is 12.8 Å². The summed E-state index contributed by atoms with van der Waals surface area (Å²) in [6.07, 6.45) is 6.78. The minimum absolute atomic E-state index is 0.00863. The maximum atomic E-state index is 13.7. The van der Waals surface area contributed by atoms with Crippen LogP contribution in [0.15, 0.2) is 73.8 Å². The number of unbranched alkanes of at least 4 members (excludes halogenated alkanes) is 1. The second-order valence-electron chi connectivity index (χ2n) is 11.8. The molecule has 234 valence electrons. The summed E-state index contributed by atoms with van der Waals surface area (Å²) in [6, 6.07) is 14.9. The van der Waals surface area contributed by atoms with E-state index < -0.39 is 18.2 Å². The molecule has 3 rings (SSSR count). The first-order chi connectivity index (χ1) is 20.7. The van der Waals surface area contributed by atoms with Gasteiger partial charge in [-0.05, 0) is 49.3 Å². The fraction of sp³-hybridized carbons (Fsp3) is 0.500. The standard InChI is InChI=1S/C36H51N3O4/c1-7-10-15-26(5)36(42)39(6)32(14-8-2)35(41)38-31(22-27-16-12-11-13-17-27)33(40)24-37-30-23-34(43-20-9-3)28-19-18-25(4)21-29(28)30/h8-9,11-13,16-19,21,26,30-34,37,40H,2-3,7,10,14-15,20,22-24H2,1,4-6H3,(H,38,41)/t26?,30-,31-,32?,33+,34+/m0/s1. The molecule has 0 spiro atoms. The molecule has 0 radical (unpaired) electrons. The highest BCUT2D eigenvalue weighted by molar-refractivity contribution is 5.88. The van der Waals surface area contributed by atoms with E-state index in [9.17, 15) is 14.7 Å². The molecule has 6 atom stereocenters. The number of nitrogens with zero attached hydrogens (tertiary/aromatic N) is 1. The summed E-state index contributed by atoms with van der Waals surface area (Å²) in [5.41, 5.74) is 4.50. The number of amides is 2. The molecule has 0 heterocycles. The van der Waals surface area contributed by atoms with Crippen molar-refractivity contribution in [3.8, 4) is 0 Å². The predicted octanol–water partition coefficient (Wildman–Crippen LogP) is 5.59. The number of carbonyl (C=O) groups excluding carboxylic acids is 2. The largest absolute Gasteiger partial charge is 0.390 e. The summed E-state index contributed by atoms with van der Waals surface area (Å²) >= 11 is 0. The van der Waals surface area contributed by atoms with Gasteiger partial charge in [0.25, 0.3) is 0 Å². The number of nitrogens with one attached hydrogen (secondary N) is 2. The summed E-state index contributed by atoms with van der Waals surface area (Å²) in [4.78, 5) is 28.4. The SMILES string of the molecule is C=CCO[C@@H]1C[C@H](NC[C@@H](O)[C@H](Cc2ccccc2)NC(=O)C(CC=C)N(C)C(=O)C(C)CCCC)c2cc(C)ccc21. The smallest absolute Gasteiger partial charge is 0.243 e. The minimum atomic E-state index is -0.876. The molecule has 2 aromatic rings. The molecule has 0 saturated carbocycles. The zero-order chi connectivity index (χ0) is 31.4. The number of hydrogen-bond acceptors (Lipinski definition) is 5. The van der Waals surface area contributed by atoms with Crippen LogP contribution in [-0.2, 0) is 20.7 Å². The van der Waals surface area contributed by atoms with Crippen molar-refractivity contribution in [3.05, 3.63) is 96.1 Å². The molecule has 2 aromatic carbocycles. The van der Waals surface area contributed by atoms with Gasteiger partial charge in [-0.25, -0.2) is 0 Å². The quantitative estimate of drug-likeness (QED) is 0.197. The average molecular weight is 590 g/mol. The van der Waals surface area contributed by atoms with Gasteiger partial charge in [0, 0.05) is 25.6 Å². The Labute approximate surface area is 258 Å². The van der Waals surface area contributed by atoms with Gasteiger partial charge in [-0.1, -0.05) is 92.9 Å². The summed E-state index contributed by atoms with van der Waals surface area (Å²) in [5, 5.41) is 18.2. The van der Waals surface area contributed by atoms with Gasteiger partial charge < -0.3 is 25.4 Å². The zero-order valence-electron chi connectivity index (χ0n) is 26.4. The van der Waals surface area contributed by atoms with Gasteiger partial charge >= 0.3 is 0 Å². The van der Waals surface area contributed by atoms with Gasteiger partial charge in [-0.3, -0.25) is 9.59 Å². The van der Waals surface area contributed by atoms with Gasteiger partial charge in [0.1, 0.15) is 6.04 Å². The van der Waals surface area contributed by atoms with Crippen LogP contribution in [0.2, 0.25) is 0 Å². The summed E-state index contributed by atoms with van der Waals surface area (Å²) in [5.74, 6) is -0.518. The Morgan fingerprint density at radius 1 is 1.14 bits per heavy atom. The van der Waals surface area contributed by atoms with Gasteiger partial charge in [-0.15, -0.1) is 13.2 Å². The highest BCUT2D eigenvalue weighted by Crippen LogP contribution is 2.41. The number of carbonyl (C=O) groups is 2. The number of aliphatic hydroxyl groups excluding tert-OH is 1. The third kappa shape index (κ3) is 9.62. The lowest BCUT2D eigenvalue weighted by atomic mass is 9.98. The normalized spacial score (nSPS) is 18.6. The van der Waals surface area contributed by atoms with Gasteiger partial charge in [-0.2, -0.15) is 0 Å². The lowest BCUT2D eigenvalue weighted by Gasteiger charge is -2.32. The van der Waals surface area contributed by atoms with E-state index in [1.54, 1.807) is 24.1 Å². The zero-order valence-corrected chi connectivity index (χ0v) is 26.4. The molecule has 0 fully saturated rings. The predicted molar refractivity (Wildman–Crippen MR) is 174 cm³/mol. The fourth-order valence-electron chi connectivity index (χ4n) is 5.86. The Hall–Kier alpha value is -3.26. The van der Waals surface area contributed by atoms with Crippen molar-refractivity contribution in [2.75, 3.05) is 20.2 Å². The van der Waals surface area contributed by atoms with E-state index in [1.807, 2.05) is 37.3 Å². The molecule has 7 heteroatoms. The van der Waals surface area contributed by atoms with E-state index in [2.05, 4.69) is 55.8 Å². The van der Waals surface area contributed by atoms with E-state index in [4.69, 9.17) is 4.74 Å². The molecule has 0 aromatic heterocycles. The Bertz CT molecular complexity index is 1200. The monoisotopic (exact) mass is 589 g/mol. The second kappa shape index (κ2) is 17.1. The van der Waals surface area contributed by atoms with Crippen molar-refractivity contribution >= 4 is 11.8 Å². The maximum absolute atomic E-state index is 13.7. The van der Waals surface area contributed by atoms with Crippen molar-refractivity contribution in [3.63, 3.8) is 0 Å². The number of benzene rings is 2. The lowest BCUT2D eigenvalue weighted by Crippen LogP contribution is -2.55. The molecule has 7 nitrogen and oxygen atoms in total. The van der Waals surface area contributed by atoms with Crippen LogP contribution < -0.4 is 10.6 Å². The number of aryl methyl sites for hydroxylation is 1. The maximum Gasteiger partial charge on any atom is 0.243 e. The van der Waals surface area contributed by atoms with Crippen LogP contribution in [0.3, 0.4) is 0 Å². The summed E-state index contributed by atoms with van der Waals surface area (Å²) in [6.45, 7) is 14.4. The number of hydrogen-bond donors (Lipinski definition) is 3. The van der Waals surface area contributed by atoms with Crippen LogP contribution in [0.5, 0.6) is 0 Å². The van der Waals surface area contributed by atoms with E-state index in [0.717, 1.165) is 36.8 Å². The molecule has 0 aliphatic heterocycles. The highest BCUT2D eigenvalue weighted by Gasteiger charge is 2.34. The van der Waals surface area contributed by atoms with E-state index in [0.29, 0.717) is 19.4 Å². The summed E-state index contributed by atoms with van der Waals surface area (Å²) < 4.78 is 6.05. The van der Waals surface area contributed by atoms with Gasteiger partial charge in [0.05, 0.1) is 24.9 Å². The molecule has 0 bridgehead atoms. The second-order valence-corrected chi connectivity index (χ2v) is 11.8.